The average Bonchev–Trinajstić information content (AvgIpc) is 2.49. The fraction of sp³-hybridized carbons (Fsp3) is 0.188. The van der Waals surface area contributed by atoms with E-state index >= 15 is 0 Å². The van der Waals surface area contributed by atoms with E-state index < -0.39 is 6.10 Å². The van der Waals surface area contributed by atoms with Crippen LogP contribution in [0.15, 0.2) is 42.5 Å². The number of ketones is 1. The van der Waals surface area contributed by atoms with Crippen molar-refractivity contribution in [1.29, 1.82) is 0 Å². The molecule has 1 unspecified atom stereocenters. The lowest BCUT2D eigenvalue weighted by Gasteiger charge is -2.17. The van der Waals surface area contributed by atoms with Gasteiger partial charge in [0.15, 0.2) is 6.10 Å². The van der Waals surface area contributed by atoms with Crippen molar-refractivity contribution >= 4 is 34.7 Å². The minimum Gasteiger partial charge on any atom is -0.482 e. The van der Waals surface area contributed by atoms with Gasteiger partial charge < -0.3 is 10.5 Å². The van der Waals surface area contributed by atoms with Crippen LogP contribution in [0.3, 0.4) is 0 Å². The maximum atomic E-state index is 12.5. The van der Waals surface area contributed by atoms with Crippen molar-refractivity contribution < 1.29 is 9.53 Å². The Morgan fingerprint density at radius 1 is 1.14 bits per heavy atom. The summed E-state index contributed by atoms with van der Waals surface area (Å²) in [6.07, 6.45) is -0.0328. The third kappa shape index (κ3) is 3.90. The number of benzene rings is 2. The Balaban J connectivity index is 2.18. The van der Waals surface area contributed by atoms with Crippen LogP contribution in [0.1, 0.15) is 23.7 Å². The molecule has 0 radical (unpaired) electrons. The molecule has 2 rings (SSSR count). The second-order valence-corrected chi connectivity index (χ2v) is 5.39. The first-order valence-electron chi connectivity index (χ1n) is 6.52. The second-order valence-electron chi connectivity index (χ2n) is 4.58. The average molecular weight is 324 g/mol. The number of carbonyl (C=O) groups is 1. The molecule has 0 saturated carbocycles. The van der Waals surface area contributed by atoms with Crippen LogP contribution in [-0.4, -0.2) is 11.9 Å². The Morgan fingerprint density at radius 2 is 1.81 bits per heavy atom. The molecule has 0 saturated heterocycles. The van der Waals surface area contributed by atoms with Crippen molar-refractivity contribution in [2.24, 2.45) is 0 Å². The van der Waals surface area contributed by atoms with Gasteiger partial charge in [-0.2, -0.15) is 0 Å². The third-order valence-corrected chi connectivity index (χ3v) is 3.76. The Kier molecular flexibility index (Phi) is 5.10. The van der Waals surface area contributed by atoms with Gasteiger partial charge in [0.05, 0.1) is 10.0 Å². The summed E-state index contributed by atoms with van der Waals surface area (Å²) < 4.78 is 5.72. The molecule has 1 atom stereocenters. The maximum absolute atomic E-state index is 12.5. The molecule has 5 heteroatoms. The standard InChI is InChI=1S/C16H15Cl2NO2/c1-2-15(21-12-6-4-11(19)5-7-12)16(20)10-3-8-13(17)14(18)9-10/h3-9,15H,2,19H2,1H3. The summed E-state index contributed by atoms with van der Waals surface area (Å²) in [5, 5.41) is 0.769. The zero-order chi connectivity index (χ0) is 15.4. The predicted octanol–water partition coefficient (Wildman–Crippen LogP) is 4.62. The first-order chi connectivity index (χ1) is 10.0. The predicted molar refractivity (Wildman–Crippen MR) is 86.4 cm³/mol. The molecule has 21 heavy (non-hydrogen) atoms. The summed E-state index contributed by atoms with van der Waals surface area (Å²) >= 11 is 11.8. The van der Waals surface area contributed by atoms with Gasteiger partial charge in [-0.25, -0.2) is 0 Å². The smallest absolute Gasteiger partial charge is 0.203 e. The molecule has 2 N–H and O–H groups in total. The van der Waals surface area contributed by atoms with Crippen molar-refractivity contribution in [2.45, 2.75) is 19.4 Å². The van der Waals surface area contributed by atoms with Crippen LogP contribution in [-0.2, 0) is 0 Å². The Labute approximate surface area is 133 Å². The molecular weight excluding hydrogens is 309 g/mol. The quantitative estimate of drug-likeness (QED) is 0.645. The van der Waals surface area contributed by atoms with Gasteiger partial charge in [-0.1, -0.05) is 30.1 Å². The fourth-order valence-corrected chi connectivity index (χ4v) is 2.17. The number of nitrogens with two attached hydrogens (primary N) is 1. The Morgan fingerprint density at radius 3 is 2.38 bits per heavy atom. The fourth-order valence-electron chi connectivity index (χ4n) is 1.87. The SMILES string of the molecule is CCC(Oc1ccc(N)cc1)C(=O)c1ccc(Cl)c(Cl)c1. The van der Waals surface area contributed by atoms with Gasteiger partial charge in [0.2, 0.25) is 5.78 Å². The molecule has 0 fully saturated rings. The van der Waals surface area contributed by atoms with Gasteiger partial charge in [-0.05, 0) is 48.9 Å². The Hall–Kier alpha value is -1.71. The van der Waals surface area contributed by atoms with Crippen molar-refractivity contribution in [3.8, 4) is 5.75 Å². The number of ether oxygens (including phenoxy) is 1. The van der Waals surface area contributed by atoms with E-state index in [1.165, 1.54) is 0 Å². The van der Waals surface area contributed by atoms with Crippen LogP contribution in [0.25, 0.3) is 0 Å². The number of halogens is 2. The van der Waals surface area contributed by atoms with Crippen LogP contribution in [0, 0.1) is 0 Å². The number of carbonyl (C=O) groups excluding carboxylic acids is 1. The molecule has 0 aliphatic heterocycles. The molecule has 0 aromatic heterocycles. The summed E-state index contributed by atoms with van der Waals surface area (Å²) in [6.45, 7) is 1.89. The highest BCUT2D eigenvalue weighted by atomic mass is 35.5. The number of anilines is 1. The van der Waals surface area contributed by atoms with Crippen LogP contribution in [0.4, 0.5) is 5.69 Å². The normalized spacial score (nSPS) is 12.0. The minimum absolute atomic E-state index is 0.132. The number of nitrogen functional groups attached to an aromatic ring is 1. The number of hydrogen-bond donors (Lipinski definition) is 1. The highest BCUT2D eigenvalue weighted by molar-refractivity contribution is 6.42. The molecule has 3 nitrogen and oxygen atoms in total. The minimum atomic E-state index is -0.578. The van der Waals surface area contributed by atoms with Crippen molar-refractivity contribution in [3.05, 3.63) is 58.1 Å². The monoisotopic (exact) mass is 323 g/mol. The van der Waals surface area contributed by atoms with E-state index in [2.05, 4.69) is 0 Å². The molecule has 0 amide bonds. The number of rotatable bonds is 5. The maximum Gasteiger partial charge on any atom is 0.203 e. The van der Waals surface area contributed by atoms with E-state index in [9.17, 15) is 4.79 Å². The van der Waals surface area contributed by atoms with Crippen LogP contribution in [0.5, 0.6) is 5.75 Å². The summed E-state index contributed by atoms with van der Waals surface area (Å²) in [5.74, 6) is 0.470. The van der Waals surface area contributed by atoms with E-state index in [0.29, 0.717) is 33.5 Å². The largest absolute Gasteiger partial charge is 0.482 e. The van der Waals surface area contributed by atoms with Crippen LogP contribution in [0.2, 0.25) is 10.0 Å². The van der Waals surface area contributed by atoms with Gasteiger partial charge in [-0.3, -0.25) is 4.79 Å². The molecule has 0 aliphatic rings. The molecular formula is C16H15Cl2NO2. The molecule has 0 heterocycles. The Bertz CT molecular complexity index is 641. The lowest BCUT2D eigenvalue weighted by molar-refractivity contribution is 0.0786. The molecule has 0 aliphatic carbocycles. The topological polar surface area (TPSA) is 52.3 Å². The van der Waals surface area contributed by atoms with Gasteiger partial charge in [0.1, 0.15) is 5.75 Å². The van der Waals surface area contributed by atoms with Crippen molar-refractivity contribution in [2.75, 3.05) is 5.73 Å². The van der Waals surface area contributed by atoms with Crippen molar-refractivity contribution in [3.63, 3.8) is 0 Å². The summed E-state index contributed by atoms with van der Waals surface area (Å²) in [6, 6.07) is 11.7. The summed E-state index contributed by atoms with van der Waals surface area (Å²) in [5.41, 5.74) is 6.75. The molecule has 0 spiro atoms. The number of Topliss-reactive ketones (excluding diaryl/α,β-unsaturated/α-hetero) is 1. The highest BCUT2D eigenvalue weighted by Crippen LogP contribution is 2.24. The zero-order valence-electron chi connectivity index (χ0n) is 11.5. The lowest BCUT2D eigenvalue weighted by Crippen LogP contribution is -2.26. The van der Waals surface area contributed by atoms with E-state index in [0.717, 1.165) is 0 Å². The van der Waals surface area contributed by atoms with Crippen LogP contribution < -0.4 is 10.5 Å². The summed E-state index contributed by atoms with van der Waals surface area (Å²) in [7, 11) is 0. The van der Waals surface area contributed by atoms with Gasteiger partial charge in [0.25, 0.3) is 0 Å². The third-order valence-electron chi connectivity index (χ3n) is 3.03. The molecule has 2 aromatic carbocycles. The second kappa shape index (κ2) is 6.83. The molecule has 2 aromatic rings. The first kappa shape index (κ1) is 15.7. The van der Waals surface area contributed by atoms with E-state index in [4.69, 9.17) is 33.7 Å². The van der Waals surface area contributed by atoms with Crippen LogP contribution >= 0.6 is 23.2 Å². The number of hydrogen-bond acceptors (Lipinski definition) is 3. The molecule has 110 valence electrons. The zero-order valence-corrected chi connectivity index (χ0v) is 13.0. The van der Waals surface area contributed by atoms with Gasteiger partial charge >= 0.3 is 0 Å². The van der Waals surface area contributed by atoms with E-state index in [1.54, 1.807) is 42.5 Å². The van der Waals surface area contributed by atoms with E-state index in [-0.39, 0.29) is 5.78 Å². The van der Waals surface area contributed by atoms with E-state index in [1.807, 2.05) is 6.92 Å². The van der Waals surface area contributed by atoms with Gasteiger partial charge in [-0.15, -0.1) is 0 Å². The summed E-state index contributed by atoms with van der Waals surface area (Å²) in [4.78, 5) is 12.5. The molecule has 0 bridgehead atoms. The van der Waals surface area contributed by atoms with Crippen molar-refractivity contribution in [1.82, 2.24) is 0 Å². The lowest BCUT2D eigenvalue weighted by atomic mass is 10.0. The van der Waals surface area contributed by atoms with Gasteiger partial charge in [0, 0.05) is 11.3 Å². The first-order valence-corrected chi connectivity index (χ1v) is 7.28. The highest BCUT2D eigenvalue weighted by Gasteiger charge is 2.20.